The molecule has 5 heteroatoms. The van der Waals surface area contributed by atoms with Gasteiger partial charge in [0.25, 0.3) is 0 Å². The Morgan fingerprint density at radius 1 is 1.12 bits per heavy atom. The number of nitrogens with two attached hydrogens (primary N) is 1. The first-order valence-electron chi connectivity index (χ1n) is 8.88. The molecule has 1 saturated carbocycles. The van der Waals surface area contributed by atoms with Crippen LogP contribution in [0.2, 0.25) is 0 Å². The number of amides is 2. The molecule has 0 bridgehead atoms. The molecule has 5 nitrogen and oxygen atoms in total. The molecule has 1 aliphatic heterocycles. The third kappa shape index (κ3) is 3.89. The Kier molecular flexibility index (Phi) is 5.07. The second-order valence-electron chi connectivity index (χ2n) is 7.08. The Balaban J connectivity index is 1.43. The van der Waals surface area contributed by atoms with Gasteiger partial charge in [-0.1, -0.05) is 18.9 Å². The number of likely N-dealkylation sites (tertiary alicyclic amines) is 1. The number of hydrogen-bond donors (Lipinski definition) is 1. The molecule has 130 valence electrons. The van der Waals surface area contributed by atoms with E-state index in [1.807, 2.05) is 4.90 Å². The third-order valence-corrected chi connectivity index (χ3v) is 5.54. The zero-order valence-electron chi connectivity index (χ0n) is 14.1. The van der Waals surface area contributed by atoms with Crippen LogP contribution in [0.3, 0.4) is 0 Å². The Morgan fingerprint density at radius 2 is 1.83 bits per heavy atom. The fourth-order valence-corrected chi connectivity index (χ4v) is 4.01. The standard InChI is InChI=1S/C19H26N2O3/c20-18(23)15-4-3-5-16(14-15)24-13-6-17(22)21-11-9-19(10-12-21)7-1-2-8-19/h3-5,14H,1-2,6-13H2,(H2,20,23). The van der Waals surface area contributed by atoms with Crippen LogP contribution in [0.15, 0.2) is 24.3 Å². The zero-order chi connectivity index (χ0) is 17.0. The lowest BCUT2D eigenvalue weighted by Crippen LogP contribution is -2.42. The van der Waals surface area contributed by atoms with Crippen LogP contribution in [-0.4, -0.2) is 36.4 Å². The van der Waals surface area contributed by atoms with Crippen molar-refractivity contribution in [3.05, 3.63) is 29.8 Å². The quantitative estimate of drug-likeness (QED) is 0.902. The molecule has 3 rings (SSSR count). The second kappa shape index (κ2) is 7.24. The molecule has 1 saturated heterocycles. The van der Waals surface area contributed by atoms with Crippen LogP contribution in [0, 0.1) is 5.41 Å². The van der Waals surface area contributed by atoms with Crippen molar-refractivity contribution in [3.8, 4) is 5.75 Å². The summed E-state index contributed by atoms with van der Waals surface area (Å²) in [5, 5.41) is 0. The highest BCUT2D eigenvalue weighted by Crippen LogP contribution is 2.46. The first kappa shape index (κ1) is 16.8. The predicted octanol–water partition coefficient (Wildman–Crippen LogP) is 2.74. The predicted molar refractivity (Wildman–Crippen MR) is 91.8 cm³/mol. The minimum Gasteiger partial charge on any atom is -0.493 e. The van der Waals surface area contributed by atoms with Crippen LogP contribution in [0.25, 0.3) is 0 Å². The van der Waals surface area contributed by atoms with Crippen molar-refractivity contribution < 1.29 is 14.3 Å². The van der Waals surface area contributed by atoms with Crippen LogP contribution in [0.4, 0.5) is 0 Å². The number of hydrogen-bond acceptors (Lipinski definition) is 3. The maximum Gasteiger partial charge on any atom is 0.248 e. The van der Waals surface area contributed by atoms with Crippen LogP contribution < -0.4 is 10.5 Å². The molecular formula is C19H26N2O3. The summed E-state index contributed by atoms with van der Waals surface area (Å²) in [6, 6.07) is 6.75. The number of ether oxygens (including phenoxy) is 1. The minimum atomic E-state index is -0.481. The fraction of sp³-hybridized carbons (Fsp3) is 0.579. The van der Waals surface area contributed by atoms with E-state index in [-0.39, 0.29) is 5.91 Å². The Morgan fingerprint density at radius 3 is 2.50 bits per heavy atom. The molecule has 2 aliphatic rings. The topological polar surface area (TPSA) is 72.6 Å². The lowest BCUT2D eigenvalue weighted by Gasteiger charge is -2.39. The summed E-state index contributed by atoms with van der Waals surface area (Å²) in [5.74, 6) is 0.252. The first-order chi connectivity index (χ1) is 11.6. The van der Waals surface area contributed by atoms with Crippen molar-refractivity contribution >= 4 is 11.8 Å². The summed E-state index contributed by atoms with van der Waals surface area (Å²) in [4.78, 5) is 25.5. The molecule has 1 aliphatic carbocycles. The van der Waals surface area contributed by atoms with Gasteiger partial charge in [0.05, 0.1) is 13.0 Å². The molecule has 0 aromatic heterocycles. The number of benzene rings is 1. The molecule has 2 fully saturated rings. The van der Waals surface area contributed by atoms with E-state index in [0.29, 0.717) is 29.8 Å². The molecule has 0 unspecified atom stereocenters. The largest absolute Gasteiger partial charge is 0.493 e. The maximum atomic E-state index is 12.3. The number of rotatable bonds is 5. The summed E-state index contributed by atoms with van der Waals surface area (Å²) >= 11 is 0. The molecule has 0 atom stereocenters. The normalized spacial score (nSPS) is 19.4. The fourth-order valence-electron chi connectivity index (χ4n) is 4.01. The molecule has 1 aromatic carbocycles. The second-order valence-corrected chi connectivity index (χ2v) is 7.08. The first-order valence-corrected chi connectivity index (χ1v) is 8.88. The molecule has 0 radical (unpaired) electrons. The molecule has 1 spiro atoms. The average Bonchev–Trinajstić information content (AvgIpc) is 3.04. The van der Waals surface area contributed by atoms with Crippen molar-refractivity contribution in [1.82, 2.24) is 4.90 Å². The smallest absolute Gasteiger partial charge is 0.248 e. The van der Waals surface area contributed by atoms with E-state index in [2.05, 4.69) is 0 Å². The van der Waals surface area contributed by atoms with Crippen LogP contribution in [0.1, 0.15) is 55.3 Å². The molecule has 1 heterocycles. The van der Waals surface area contributed by atoms with Crippen molar-refractivity contribution in [2.75, 3.05) is 19.7 Å². The van der Waals surface area contributed by atoms with E-state index in [1.54, 1.807) is 24.3 Å². The number of carbonyl (C=O) groups is 2. The van der Waals surface area contributed by atoms with Crippen LogP contribution in [-0.2, 0) is 4.79 Å². The van der Waals surface area contributed by atoms with E-state index in [0.717, 1.165) is 25.9 Å². The van der Waals surface area contributed by atoms with Gasteiger partial charge in [0.15, 0.2) is 0 Å². The lowest BCUT2D eigenvalue weighted by molar-refractivity contribution is -0.134. The van der Waals surface area contributed by atoms with Gasteiger partial charge < -0.3 is 15.4 Å². The van der Waals surface area contributed by atoms with Gasteiger partial charge in [0, 0.05) is 18.7 Å². The van der Waals surface area contributed by atoms with Gasteiger partial charge in [-0.2, -0.15) is 0 Å². The monoisotopic (exact) mass is 330 g/mol. The number of piperidine rings is 1. The highest BCUT2D eigenvalue weighted by molar-refractivity contribution is 5.93. The summed E-state index contributed by atoms with van der Waals surface area (Å²) in [5.41, 5.74) is 6.19. The summed E-state index contributed by atoms with van der Waals surface area (Å²) in [6.07, 6.45) is 8.06. The van der Waals surface area contributed by atoms with Crippen LogP contribution in [0.5, 0.6) is 5.75 Å². The lowest BCUT2D eigenvalue weighted by atomic mass is 9.77. The number of nitrogens with zero attached hydrogens (tertiary/aromatic N) is 1. The van der Waals surface area contributed by atoms with Gasteiger partial charge in [0.2, 0.25) is 11.8 Å². The van der Waals surface area contributed by atoms with Crippen molar-refractivity contribution in [2.24, 2.45) is 11.1 Å². The molecular weight excluding hydrogens is 304 g/mol. The van der Waals surface area contributed by atoms with E-state index >= 15 is 0 Å². The van der Waals surface area contributed by atoms with Crippen molar-refractivity contribution in [2.45, 2.75) is 44.9 Å². The van der Waals surface area contributed by atoms with Crippen molar-refractivity contribution in [3.63, 3.8) is 0 Å². The highest BCUT2D eigenvalue weighted by atomic mass is 16.5. The van der Waals surface area contributed by atoms with E-state index in [1.165, 1.54) is 25.7 Å². The highest BCUT2D eigenvalue weighted by Gasteiger charge is 2.37. The maximum absolute atomic E-state index is 12.3. The summed E-state index contributed by atoms with van der Waals surface area (Å²) in [6.45, 7) is 2.09. The summed E-state index contributed by atoms with van der Waals surface area (Å²) in [7, 11) is 0. The van der Waals surface area contributed by atoms with Crippen LogP contribution >= 0.6 is 0 Å². The van der Waals surface area contributed by atoms with Gasteiger partial charge in [-0.05, 0) is 49.3 Å². The van der Waals surface area contributed by atoms with E-state index in [4.69, 9.17) is 10.5 Å². The Bertz CT molecular complexity index is 598. The van der Waals surface area contributed by atoms with Gasteiger partial charge in [-0.15, -0.1) is 0 Å². The molecule has 2 amide bonds. The minimum absolute atomic E-state index is 0.161. The Labute approximate surface area is 143 Å². The van der Waals surface area contributed by atoms with E-state index < -0.39 is 5.91 Å². The molecule has 24 heavy (non-hydrogen) atoms. The average molecular weight is 330 g/mol. The Hall–Kier alpha value is -2.04. The van der Waals surface area contributed by atoms with Gasteiger partial charge >= 0.3 is 0 Å². The van der Waals surface area contributed by atoms with E-state index in [9.17, 15) is 9.59 Å². The number of carbonyl (C=O) groups excluding carboxylic acids is 2. The summed E-state index contributed by atoms with van der Waals surface area (Å²) < 4.78 is 5.60. The SMILES string of the molecule is NC(=O)c1cccc(OCCC(=O)N2CCC3(CCCC3)CC2)c1. The van der Waals surface area contributed by atoms with Gasteiger partial charge in [-0.3, -0.25) is 9.59 Å². The van der Waals surface area contributed by atoms with Gasteiger partial charge in [0.1, 0.15) is 5.75 Å². The zero-order valence-corrected chi connectivity index (χ0v) is 14.1. The molecule has 2 N–H and O–H groups in total. The third-order valence-electron chi connectivity index (χ3n) is 5.54. The van der Waals surface area contributed by atoms with Crippen molar-refractivity contribution in [1.29, 1.82) is 0 Å². The van der Waals surface area contributed by atoms with Gasteiger partial charge in [-0.25, -0.2) is 0 Å². The molecule has 1 aromatic rings. The number of primary amides is 1.